The molecule has 1 atom stereocenters. The lowest BCUT2D eigenvalue weighted by Gasteiger charge is -2.12. The van der Waals surface area contributed by atoms with Crippen LogP contribution in [-0.4, -0.2) is 5.75 Å². The largest absolute Gasteiger partial charge is 0.157 e. The van der Waals surface area contributed by atoms with E-state index in [1.165, 1.54) is 28.9 Å². The molecule has 1 unspecified atom stereocenters. The van der Waals surface area contributed by atoms with E-state index in [-0.39, 0.29) is 0 Å². The molecule has 0 nitrogen and oxygen atoms in total. The molecule has 0 fully saturated rings. The highest BCUT2D eigenvalue weighted by atomic mass is 32.2. The summed E-state index contributed by atoms with van der Waals surface area (Å²) in [5, 5.41) is 0. The minimum atomic E-state index is 0.690. The van der Waals surface area contributed by atoms with Gasteiger partial charge in [0.2, 0.25) is 0 Å². The predicted molar refractivity (Wildman–Crippen MR) is 71.7 cm³/mol. The van der Waals surface area contributed by atoms with Crippen molar-refractivity contribution in [1.82, 2.24) is 0 Å². The van der Waals surface area contributed by atoms with Crippen LogP contribution in [0.25, 0.3) is 0 Å². The molecule has 0 aliphatic carbocycles. The van der Waals surface area contributed by atoms with E-state index in [9.17, 15) is 0 Å². The van der Waals surface area contributed by atoms with Crippen LogP contribution in [0.1, 0.15) is 49.8 Å². The number of rotatable bonds is 5. The van der Waals surface area contributed by atoms with E-state index in [0.29, 0.717) is 5.92 Å². The SMILES string of the molecule is CCSCc1cc(C)cc(C(C)CC)c1. The Balaban J connectivity index is 2.84. The Kier molecular flexibility index (Phi) is 5.24. The second-order valence-electron chi connectivity index (χ2n) is 4.20. The average molecular weight is 222 g/mol. The van der Waals surface area contributed by atoms with Crippen LogP contribution in [0.5, 0.6) is 0 Å². The summed E-state index contributed by atoms with van der Waals surface area (Å²) in [6.07, 6.45) is 1.23. The van der Waals surface area contributed by atoms with Crippen LogP contribution >= 0.6 is 11.8 Å². The summed E-state index contributed by atoms with van der Waals surface area (Å²) in [4.78, 5) is 0. The zero-order chi connectivity index (χ0) is 11.3. The van der Waals surface area contributed by atoms with Crippen molar-refractivity contribution in [2.45, 2.75) is 45.8 Å². The number of aryl methyl sites for hydroxylation is 1. The molecular weight excluding hydrogens is 200 g/mol. The monoisotopic (exact) mass is 222 g/mol. The van der Waals surface area contributed by atoms with Gasteiger partial charge in [-0.1, -0.05) is 44.5 Å². The summed E-state index contributed by atoms with van der Waals surface area (Å²) in [5.41, 5.74) is 4.39. The first kappa shape index (κ1) is 12.6. The van der Waals surface area contributed by atoms with E-state index in [1.54, 1.807) is 0 Å². The molecule has 1 rings (SSSR count). The van der Waals surface area contributed by atoms with E-state index in [2.05, 4.69) is 45.9 Å². The molecule has 84 valence electrons. The maximum absolute atomic E-state index is 2.38. The summed E-state index contributed by atoms with van der Waals surface area (Å²) < 4.78 is 0. The fourth-order valence-electron chi connectivity index (χ4n) is 1.72. The zero-order valence-corrected chi connectivity index (χ0v) is 11.2. The van der Waals surface area contributed by atoms with Gasteiger partial charge in [0.25, 0.3) is 0 Å². The molecule has 0 aliphatic rings. The van der Waals surface area contributed by atoms with Crippen LogP contribution < -0.4 is 0 Å². The Morgan fingerprint density at radius 2 is 1.93 bits per heavy atom. The molecule has 0 aromatic heterocycles. The summed E-state index contributed by atoms with van der Waals surface area (Å²) in [6.45, 7) is 8.99. The Hall–Kier alpha value is -0.430. The number of hydrogen-bond acceptors (Lipinski definition) is 1. The van der Waals surface area contributed by atoms with Crippen molar-refractivity contribution in [3.05, 3.63) is 34.9 Å². The predicted octanol–water partition coefficient (Wildman–Crippen LogP) is 4.76. The first-order chi connectivity index (χ1) is 7.17. The lowest BCUT2D eigenvalue weighted by molar-refractivity contribution is 0.732. The molecule has 0 saturated carbocycles. The van der Waals surface area contributed by atoms with Gasteiger partial charge in [-0.2, -0.15) is 11.8 Å². The molecule has 0 spiro atoms. The van der Waals surface area contributed by atoms with Gasteiger partial charge < -0.3 is 0 Å². The van der Waals surface area contributed by atoms with Crippen LogP contribution in [0.15, 0.2) is 18.2 Å². The molecule has 15 heavy (non-hydrogen) atoms. The molecule has 1 heteroatoms. The fourth-order valence-corrected chi connectivity index (χ4v) is 2.32. The number of hydrogen-bond donors (Lipinski definition) is 0. The summed E-state index contributed by atoms with van der Waals surface area (Å²) in [7, 11) is 0. The minimum absolute atomic E-state index is 0.690. The second-order valence-corrected chi connectivity index (χ2v) is 5.47. The standard InChI is InChI=1S/C14H22S/c1-5-12(4)14-8-11(3)7-13(9-14)10-15-6-2/h7-9,12H,5-6,10H2,1-4H3. The second kappa shape index (κ2) is 6.22. The van der Waals surface area contributed by atoms with Gasteiger partial charge in [-0.15, -0.1) is 0 Å². The highest BCUT2D eigenvalue weighted by Crippen LogP contribution is 2.23. The Bertz CT molecular complexity index is 304. The van der Waals surface area contributed by atoms with E-state index in [1.807, 2.05) is 11.8 Å². The Morgan fingerprint density at radius 1 is 1.20 bits per heavy atom. The van der Waals surface area contributed by atoms with Crippen molar-refractivity contribution in [3.63, 3.8) is 0 Å². The van der Waals surface area contributed by atoms with E-state index in [0.717, 1.165) is 5.75 Å². The first-order valence-corrected chi connectivity index (χ1v) is 7.01. The topological polar surface area (TPSA) is 0 Å². The van der Waals surface area contributed by atoms with Crippen molar-refractivity contribution >= 4 is 11.8 Å². The van der Waals surface area contributed by atoms with Crippen LogP contribution in [0, 0.1) is 6.92 Å². The van der Waals surface area contributed by atoms with Gasteiger partial charge in [0, 0.05) is 5.75 Å². The van der Waals surface area contributed by atoms with Gasteiger partial charge in [-0.3, -0.25) is 0 Å². The van der Waals surface area contributed by atoms with Gasteiger partial charge >= 0.3 is 0 Å². The average Bonchev–Trinajstić information content (AvgIpc) is 2.24. The molecular formula is C14H22S. The Labute approximate surface area is 98.5 Å². The molecule has 0 radical (unpaired) electrons. The quantitative estimate of drug-likeness (QED) is 0.692. The summed E-state index contributed by atoms with van der Waals surface area (Å²) >= 11 is 2.00. The van der Waals surface area contributed by atoms with Crippen LogP contribution in [-0.2, 0) is 5.75 Å². The molecule has 0 saturated heterocycles. The van der Waals surface area contributed by atoms with Crippen molar-refractivity contribution < 1.29 is 0 Å². The van der Waals surface area contributed by atoms with Crippen molar-refractivity contribution in [1.29, 1.82) is 0 Å². The molecule has 1 aromatic rings. The van der Waals surface area contributed by atoms with Crippen molar-refractivity contribution in [2.24, 2.45) is 0 Å². The maximum Gasteiger partial charge on any atom is 0.0184 e. The minimum Gasteiger partial charge on any atom is -0.157 e. The van der Waals surface area contributed by atoms with Gasteiger partial charge in [0.15, 0.2) is 0 Å². The third kappa shape index (κ3) is 3.90. The highest BCUT2D eigenvalue weighted by Gasteiger charge is 2.05. The maximum atomic E-state index is 2.38. The van der Waals surface area contributed by atoms with Gasteiger partial charge in [0.1, 0.15) is 0 Å². The third-order valence-corrected chi connectivity index (χ3v) is 3.76. The van der Waals surface area contributed by atoms with E-state index < -0.39 is 0 Å². The van der Waals surface area contributed by atoms with Gasteiger partial charge in [0.05, 0.1) is 0 Å². The summed E-state index contributed by atoms with van der Waals surface area (Å²) in [6, 6.07) is 7.02. The molecule has 0 bridgehead atoms. The Morgan fingerprint density at radius 3 is 2.53 bits per heavy atom. The van der Waals surface area contributed by atoms with Crippen LogP contribution in [0.2, 0.25) is 0 Å². The highest BCUT2D eigenvalue weighted by molar-refractivity contribution is 7.98. The molecule has 0 aliphatic heterocycles. The normalized spacial score (nSPS) is 12.8. The van der Waals surface area contributed by atoms with E-state index in [4.69, 9.17) is 0 Å². The molecule has 0 heterocycles. The van der Waals surface area contributed by atoms with E-state index >= 15 is 0 Å². The van der Waals surface area contributed by atoms with Crippen molar-refractivity contribution in [3.8, 4) is 0 Å². The molecule has 0 N–H and O–H groups in total. The fraction of sp³-hybridized carbons (Fsp3) is 0.571. The smallest absolute Gasteiger partial charge is 0.0184 e. The third-order valence-electron chi connectivity index (χ3n) is 2.81. The lowest BCUT2D eigenvalue weighted by atomic mass is 9.95. The molecule has 1 aromatic carbocycles. The first-order valence-electron chi connectivity index (χ1n) is 5.85. The molecule has 0 amide bonds. The number of benzene rings is 1. The van der Waals surface area contributed by atoms with Gasteiger partial charge in [-0.25, -0.2) is 0 Å². The summed E-state index contributed by atoms with van der Waals surface area (Å²) in [5.74, 6) is 3.05. The number of thioether (sulfide) groups is 1. The zero-order valence-electron chi connectivity index (χ0n) is 10.3. The van der Waals surface area contributed by atoms with Crippen molar-refractivity contribution in [2.75, 3.05) is 5.75 Å². The van der Waals surface area contributed by atoms with Crippen LogP contribution in [0.4, 0.5) is 0 Å². The van der Waals surface area contributed by atoms with Gasteiger partial charge in [-0.05, 0) is 36.1 Å². The van der Waals surface area contributed by atoms with Crippen LogP contribution in [0.3, 0.4) is 0 Å². The lowest BCUT2D eigenvalue weighted by Crippen LogP contribution is -1.94.